The van der Waals surface area contributed by atoms with Gasteiger partial charge in [0, 0.05) is 18.3 Å². The second kappa shape index (κ2) is 7.06. The van der Waals surface area contributed by atoms with Gasteiger partial charge in [0.2, 0.25) is 0 Å². The van der Waals surface area contributed by atoms with Gasteiger partial charge in [-0.25, -0.2) is 0 Å². The van der Waals surface area contributed by atoms with Crippen molar-refractivity contribution in [2.75, 3.05) is 6.54 Å². The molecule has 0 radical (unpaired) electrons. The fourth-order valence-corrected chi connectivity index (χ4v) is 2.29. The highest BCUT2D eigenvalue weighted by Crippen LogP contribution is 2.14. The smallest absolute Gasteiger partial charge is 0.253 e. The van der Waals surface area contributed by atoms with Crippen molar-refractivity contribution in [1.82, 2.24) is 9.88 Å². The molecule has 2 aromatic rings. The summed E-state index contributed by atoms with van der Waals surface area (Å²) in [5.41, 5.74) is 2.09. The molecule has 0 saturated heterocycles. The third-order valence-corrected chi connectivity index (χ3v) is 3.43. The summed E-state index contributed by atoms with van der Waals surface area (Å²) in [6.45, 7) is 5.61. The number of benzene rings is 1. The molecular weight excluding hydrogens is 248 g/mol. The Morgan fingerprint density at radius 1 is 1.15 bits per heavy atom. The maximum absolute atomic E-state index is 12.1. The van der Waals surface area contributed by atoms with E-state index >= 15 is 0 Å². The van der Waals surface area contributed by atoms with Gasteiger partial charge in [0.15, 0.2) is 0 Å². The largest absolute Gasteiger partial charge is 0.313 e. The van der Waals surface area contributed by atoms with Crippen molar-refractivity contribution >= 4 is 0 Å². The Labute approximate surface area is 120 Å². The molecule has 0 amide bonds. The van der Waals surface area contributed by atoms with E-state index in [1.165, 1.54) is 5.56 Å². The van der Waals surface area contributed by atoms with Crippen LogP contribution in [0.5, 0.6) is 0 Å². The van der Waals surface area contributed by atoms with Crippen LogP contribution in [0.25, 0.3) is 0 Å². The number of pyridine rings is 1. The van der Waals surface area contributed by atoms with E-state index in [-0.39, 0.29) is 11.6 Å². The van der Waals surface area contributed by atoms with Gasteiger partial charge in [-0.15, -0.1) is 0 Å². The topological polar surface area (TPSA) is 34.0 Å². The minimum absolute atomic E-state index is 0.0896. The van der Waals surface area contributed by atoms with Gasteiger partial charge >= 0.3 is 0 Å². The summed E-state index contributed by atoms with van der Waals surface area (Å²) in [7, 11) is 0. The minimum Gasteiger partial charge on any atom is -0.313 e. The Balaban J connectivity index is 2.24. The second-order valence-corrected chi connectivity index (χ2v) is 5.07. The predicted octanol–water partition coefficient (Wildman–Crippen LogP) is 2.90. The number of rotatable bonds is 6. The molecule has 1 atom stereocenters. The molecule has 0 aliphatic rings. The van der Waals surface area contributed by atoms with Gasteiger partial charge in [-0.1, -0.05) is 43.3 Å². The summed E-state index contributed by atoms with van der Waals surface area (Å²) in [4.78, 5) is 12.1. The number of aryl methyl sites for hydroxylation is 1. The van der Waals surface area contributed by atoms with Crippen LogP contribution in [0.15, 0.2) is 53.5 Å². The first kappa shape index (κ1) is 14.5. The number of hydrogen-bond acceptors (Lipinski definition) is 2. The molecule has 1 aromatic heterocycles. The highest BCUT2D eigenvalue weighted by molar-refractivity contribution is 5.19. The molecule has 1 N–H and O–H groups in total. The fraction of sp³-hybridized carbons (Fsp3) is 0.353. The molecule has 1 heterocycles. The lowest BCUT2D eigenvalue weighted by Crippen LogP contribution is -2.31. The first-order valence-corrected chi connectivity index (χ1v) is 7.16. The number of aromatic nitrogens is 1. The molecule has 0 aliphatic heterocycles. The Kier molecular flexibility index (Phi) is 5.13. The van der Waals surface area contributed by atoms with Gasteiger partial charge in [-0.2, -0.15) is 0 Å². The SMILES string of the molecule is CCCNC(Cn1cccc(C)c1=O)c1ccccc1. The van der Waals surface area contributed by atoms with Crippen LogP contribution in [0.2, 0.25) is 0 Å². The molecule has 3 nitrogen and oxygen atoms in total. The third kappa shape index (κ3) is 3.58. The maximum Gasteiger partial charge on any atom is 0.253 e. The quantitative estimate of drug-likeness (QED) is 0.875. The Morgan fingerprint density at radius 3 is 2.60 bits per heavy atom. The average molecular weight is 270 g/mol. The van der Waals surface area contributed by atoms with E-state index in [0.717, 1.165) is 18.5 Å². The van der Waals surface area contributed by atoms with Crippen molar-refractivity contribution in [1.29, 1.82) is 0 Å². The monoisotopic (exact) mass is 270 g/mol. The lowest BCUT2D eigenvalue weighted by Gasteiger charge is -2.20. The first-order chi connectivity index (χ1) is 9.72. The van der Waals surface area contributed by atoms with E-state index in [2.05, 4.69) is 24.4 Å². The molecule has 1 aromatic carbocycles. The van der Waals surface area contributed by atoms with Crippen LogP contribution in [0.1, 0.15) is 30.5 Å². The molecule has 2 rings (SSSR count). The lowest BCUT2D eigenvalue weighted by atomic mass is 10.1. The van der Waals surface area contributed by atoms with Gasteiger partial charge in [0.05, 0.1) is 6.04 Å². The van der Waals surface area contributed by atoms with E-state index in [1.54, 1.807) is 4.57 Å². The van der Waals surface area contributed by atoms with Gasteiger partial charge in [-0.05, 0) is 31.5 Å². The zero-order chi connectivity index (χ0) is 14.4. The van der Waals surface area contributed by atoms with Crippen LogP contribution in [-0.4, -0.2) is 11.1 Å². The van der Waals surface area contributed by atoms with Crippen LogP contribution in [0, 0.1) is 6.92 Å². The van der Waals surface area contributed by atoms with Gasteiger partial charge in [0.25, 0.3) is 5.56 Å². The van der Waals surface area contributed by atoms with Crippen molar-refractivity contribution in [3.8, 4) is 0 Å². The van der Waals surface area contributed by atoms with Crippen molar-refractivity contribution in [3.05, 3.63) is 70.1 Å². The second-order valence-electron chi connectivity index (χ2n) is 5.07. The van der Waals surface area contributed by atoms with E-state index in [4.69, 9.17) is 0 Å². The predicted molar refractivity (Wildman–Crippen MR) is 82.9 cm³/mol. The molecule has 106 valence electrons. The normalized spacial score (nSPS) is 12.3. The fourth-order valence-electron chi connectivity index (χ4n) is 2.29. The molecule has 0 saturated carbocycles. The van der Waals surface area contributed by atoms with E-state index in [1.807, 2.05) is 43.5 Å². The van der Waals surface area contributed by atoms with Crippen molar-refractivity contribution < 1.29 is 0 Å². The summed E-state index contributed by atoms with van der Waals surface area (Å²) < 4.78 is 1.79. The minimum atomic E-state index is 0.0896. The summed E-state index contributed by atoms with van der Waals surface area (Å²) in [5.74, 6) is 0. The van der Waals surface area contributed by atoms with Gasteiger partial charge in [-0.3, -0.25) is 4.79 Å². The summed E-state index contributed by atoms with van der Waals surface area (Å²) >= 11 is 0. The molecule has 0 fully saturated rings. The molecule has 3 heteroatoms. The van der Waals surface area contributed by atoms with Crippen LogP contribution >= 0.6 is 0 Å². The molecule has 0 spiro atoms. The van der Waals surface area contributed by atoms with Crippen LogP contribution in [-0.2, 0) is 6.54 Å². The summed E-state index contributed by atoms with van der Waals surface area (Å²) in [6.07, 6.45) is 2.94. The molecular formula is C17H22N2O. The highest BCUT2D eigenvalue weighted by Gasteiger charge is 2.12. The lowest BCUT2D eigenvalue weighted by molar-refractivity contribution is 0.455. The Morgan fingerprint density at radius 2 is 1.90 bits per heavy atom. The zero-order valence-corrected chi connectivity index (χ0v) is 12.2. The van der Waals surface area contributed by atoms with Crippen LogP contribution in [0.4, 0.5) is 0 Å². The standard InChI is InChI=1S/C17H22N2O/c1-3-11-18-16(15-9-5-4-6-10-15)13-19-12-7-8-14(2)17(19)20/h4-10,12,16,18H,3,11,13H2,1-2H3. The van der Waals surface area contributed by atoms with Gasteiger partial charge in [0.1, 0.15) is 0 Å². The maximum atomic E-state index is 12.1. The molecule has 1 unspecified atom stereocenters. The van der Waals surface area contributed by atoms with Gasteiger partial charge < -0.3 is 9.88 Å². The Bertz CT molecular complexity index is 589. The number of hydrogen-bond donors (Lipinski definition) is 1. The molecule has 0 aliphatic carbocycles. The Hall–Kier alpha value is -1.87. The molecule has 20 heavy (non-hydrogen) atoms. The van der Waals surface area contributed by atoms with E-state index < -0.39 is 0 Å². The van der Waals surface area contributed by atoms with Crippen molar-refractivity contribution in [2.45, 2.75) is 32.9 Å². The summed E-state index contributed by atoms with van der Waals surface area (Å²) in [6, 6.07) is 14.2. The number of nitrogens with one attached hydrogen (secondary N) is 1. The highest BCUT2D eigenvalue weighted by atomic mass is 16.1. The van der Waals surface area contributed by atoms with Crippen LogP contribution < -0.4 is 10.9 Å². The van der Waals surface area contributed by atoms with Crippen molar-refractivity contribution in [2.24, 2.45) is 0 Å². The number of nitrogens with zero attached hydrogens (tertiary/aromatic N) is 1. The molecule has 0 bridgehead atoms. The first-order valence-electron chi connectivity index (χ1n) is 7.16. The van der Waals surface area contributed by atoms with E-state index in [0.29, 0.717) is 6.54 Å². The van der Waals surface area contributed by atoms with Crippen LogP contribution in [0.3, 0.4) is 0 Å². The van der Waals surface area contributed by atoms with Crippen molar-refractivity contribution in [3.63, 3.8) is 0 Å². The van der Waals surface area contributed by atoms with E-state index in [9.17, 15) is 4.79 Å². The third-order valence-electron chi connectivity index (χ3n) is 3.43. The summed E-state index contributed by atoms with van der Waals surface area (Å²) in [5, 5.41) is 3.52. The average Bonchev–Trinajstić information content (AvgIpc) is 2.48. The zero-order valence-electron chi connectivity index (χ0n) is 12.2.